The van der Waals surface area contributed by atoms with Gasteiger partial charge in [-0.2, -0.15) is 4.98 Å². The zero-order valence-corrected chi connectivity index (χ0v) is 10.3. The van der Waals surface area contributed by atoms with E-state index in [0.29, 0.717) is 24.9 Å². The Bertz CT molecular complexity index is 445. The third-order valence-corrected chi connectivity index (χ3v) is 3.11. The Morgan fingerprint density at radius 1 is 1.41 bits per heavy atom. The minimum absolute atomic E-state index is 0.0646. The zero-order valence-electron chi connectivity index (χ0n) is 10.3. The highest BCUT2D eigenvalue weighted by Crippen LogP contribution is 2.25. The van der Waals surface area contributed by atoms with Crippen LogP contribution >= 0.6 is 0 Å². The number of nitrogens with zero attached hydrogens (tertiary/aromatic N) is 4. The summed E-state index contributed by atoms with van der Waals surface area (Å²) in [6, 6.07) is 1.63. The average Bonchev–Trinajstić information content (AvgIpc) is 2.26. The smallest absolute Gasteiger partial charge is 0.247 e. The maximum Gasteiger partial charge on any atom is 0.247 e. The number of amides is 1. The molecule has 6 nitrogen and oxygen atoms in total. The Kier molecular flexibility index (Phi) is 2.65. The number of nitrogen functional groups attached to an aromatic ring is 1. The summed E-state index contributed by atoms with van der Waals surface area (Å²) in [6.07, 6.45) is 1.61. The normalized spacial score (nSPS) is 19.6. The monoisotopic (exact) mass is 235 g/mol. The van der Waals surface area contributed by atoms with Crippen LogP contribution in [0.3, 0.4) is 0 Å². The van der Waals surface area contributed by atoms with Gasteiger partial charge in [0.2, 0.25) is 11.9 Å². The molecule has 92 valence electrons. The molecular weight excluding hydrogens is 218 g/mol. The highest BCUT2D eigenvalue weighted by Gasteiger charge is 2.41. The minimum atomic E-state index is -0.638. The van der Waals surface area contributed by atoms with Gasteiger partial charge in [-0.3, -0.25) is 4.79 Å². The van der Waals surface area contributed by atoms with Crippen molar-refractivity contribution >= 4 is 17.7 Å². The Balaban J connectivity index is 2.36. The Morgan fingerprint density at radius 3 is 2.76 bits per heavy atom. The van der Waals surface area contributed by atoms with E-state index in [1.165, 1.54) is 0 Å². The van der Waals surface area contributed by atoms with E-state index in [9.17, 15) is 4.79 Å². The second kappa shape index (κ2) is 3.87. The van der Waals surface area contributed by atoms with Crippen molar-refractivity contribution in [2.75, 3.05) is 30.8 Å². The molecule has 0 radical (unpaired) electrons. The van der Waals surface area contributed by atoms with Crippen LogP contribution < -0.4 is 10.6 Å². The second-order valence-corrected chi connectivity index (χ2v) is 4.72. The van der Waals surface area contributed by atoms with Crippen LogP contribution in [0.5, 0.6) is 0 Å². The molecule has 2 rings (SSSR count). The number of piperazine rings is 1. The van der Waals surface area contributed by atoms with Crippen molar-refractivity contribution in [3.63, 3.8) is 0 Å². The summed E-state index contributed by atoms with van der Waals surface area (Å²) >= 11 is 0. The molecule has 0 spiro atoms. The van der Waals surface area contributed by atoms with Crippen LogP contribution in [-0.4, -0.2) is 46.5 Å². The molecule has 0 atom stereocenters. The van der Waals surface area contributed by atoms with Crippen molar-refractivity contribution in [2.45, 2.75) is 19.4 Å². The van der Waals surface area contributed by atoms with Gasteiger partial charge in [-0.15, -0.1) is 0 Å². The molecule has 0 aliphatic carbocycles. The molecule has 6 heteroatoms. The highest BCUT2D eigenvalue weighted by atomic mass is 16.2. The molecule has 1 aliphatic heterocycles. The topological polar surface area (TPSA) is 75.3 Å². The van der Waals surface area contributed by atoms with E-state index >= 15 is 0 Å². The van der Waals surface area contributed by atoms with Gasteiger partial charge in [0.25, 0.3) is 0 Å². The molecule has 17 heavy (non-hydrogen) atoms. The molecule has 1 aromatic rings. The largest absolute Gasteiger partial charge is 0.384 e. The minimum Gasteiger partial charge on any atom is -0.384 e. The fraction of sp³-hybridized carbons (Fsp3) is 0.545. The van der Waals surface area contributed by atoms with Crippen LogP contribution in [-0.2, 0) is 4.79 Å². The second-order valence-electron chi connectivity index (χ2n) is 4.72. The van der Waals surface area contributed by atoms with Gasteiger partial charge in [0.15, 0.2) is 0 Å². The molecule has 0 unspecified atom stereocenters. The summed E-state index contributed by atoms with van der Waals surface area (Å²) in [7, 11) is 1.81. The van der Waals surface area contributed by atoms with Crippen molar-refractivity contribution in [3.8, 4) is 0 Å². The summed E-state index contributed by atoms with van der Waals surface area (Å²) in [6.45, 7) is 5.12. The first-order chi connectivity index (χ1) is 7.93. The summed E-state index contributed by atoms with van der Waals surface area (Å²) < 4.78 is 0. The first kappa shape index (κ1) is 11.6. The fourth-order valence-corrected chi connectivity index (χ4v) is 2.06. The highest BCUT2D eigenvalue weighted by molar-refractivity contribution is 5.89. The maximum absolute atomic E-state index is 12.1. The number of rotatable bonds is 1. The quantitative estimate of drug-likeness (QED) is 0.748. The van der Waals surface area contributed by atoms with Gasteiger partial charge in [0.05, 0.1) is 0 Å². The molecule has 1 amide bonds. The number of likely N-dealkylation sites (N-methyl/N-ethyl adjacent to an activating group) is 1. The van der Waals surface area contributed by atoms with E-state index < -0.39 is 5.54 Å². The molecule has 0 saturated carbocycles. The fourth-order valence-electron chi connectivity index (χ4n) is 2.06. The van der Waals surface area contributed by atoms with Crippen molar-refractivity contribution in [2.24, 2.45) is 0 Å². The lowest BCUT2D eigenvalue weighted by Gasteiger charge is -2.44. The number of carbonyl (C=O) groups is 1. The molecule has 1 aliphatic rings. The van der Waals surface area contributed by atoms with Crippen molar-refractivity contribution in [1.82, 2.24) is 14.9 Å². The first-order valence-corrected chi connectivity index (χ1v) is 5.54. The third kappa shape index (κ3) is 1.90. The molecule has 1 fully saturated rings. The summed E-state index contributed by atoms with van der Waals surface area (Å²) in [5, 5.41) is 0. The molecule has 1 saturated heterocycles. The standard InChI is InChI=1S/C11H17N5O/c1-11(2)9(17)15(3)6-7-16(11)10-13-5-4-8(12)14-10/h4-5H,6-7H2,1-3H3,(H2,12,13,14). The third-order valence-electron chi connectivity index (χ3n) is 3.11. The molecule has 0 aromatic carbocycles. The number of hydrogen-bond acceptors (Lipinski definition) is 5. The Hall–Kier alpha value is -1.85. The van der Waals surface area contributed by atoms with E-state index in [0.717, 1.165) is 0 Å². The van der Waals surface area contributed by atoms with Gasteiger partial charge in [0, 0.05) is 26.3 Å². The summed E-state index contributed by atoms with van der Waals surface area (Å²) in [5.41, 5.74) is 5.00. The summed E-state index contributed by atoms with van der Waals surface area (Å²) in [5.74, 6) is 0.989. The van der Waals surface area contributed by atoms with Crippen LogP contribution in [0.25, 0.3) is 0 Å². The number of carbonyl (C=O) groups excluding carboxylic acids is 1. The molecule has 2 heterocycles. The van der Waals surface area contributed by atoms with Crippen LogP contribution in [0.15, 0.2) is 12.3 Å². The van der Waals surface area contributed by atoms with Crippen LogP contribution in [0.1, 0.15) is 13.8 Å². The first-order valence-electron chi connectivity index (χ1n) is 5.54. The van der Waals surface area contributed by atoms with Crippen molar-refractivity contribution < 1.29 is 4.79 Å². The lowest BCUT2D eigenvalue weighted by Crippen LogP contribution is -2.62. The molecule has 0 bridgehead atoms. The van der Waals surface area contributed by atoms with Gasteiger partial charge < -0.3 is 15.5 Å². The number of anilines is 2. The number of hydrogen-bond donors (Lipinski definition) is 1. The van der Waals surface area contributed by atoms with Gasteiger partial charge in [-0.25, -0.2) is 4.98 Å². The maximum atomic E-state index is 12.1. The SMILES string of the molecule is CN1CCN(c2nccc(N)n2)C(C)(C)C1=O. The van der Waals surface area contributed by atoms with Gasteiger partial charge in [-0.1, -0.05) is 0 Å². The van der Waals surface area contributed by atoms with Gasteiger partial charge in [0.1, 0.15) is 11.4 Å². The molecular formula is C11H17N5O. The number of nitrogens with two attached hydrogens (primary N) is 1. The van der Waals surface area contributed by atoms with Crippen molar-refractivity contribution in [1.29, 1.82) is 0 Å². The van der Waals surface area contributed by atoms with Crippen LogP contribution in [0, 0.1) is 0 Å². The Labute approximate surface area is 100 Å². The van der Waals surface area contributed by atoms with E-state index in [-0.39, 0.29) is 5.91 Å². The lowest BCUT2D eigenvalue weighted by molar-refractivity contribution is -0.136. The van der Waals surface area contributed by atoms with Crippen LogP contribution in [0.4, 0.5) is 11.8 Å². The molecule has 1 aromatic heterocycles. The lowest BCUT2D eigenvalue weighted by atomic mass is 9.98. The number of aromatic nitrogens is 2. The molecule has 2 N–H and O–H groups in total. The predicted octanol–water partition coefficient (Wildman–Crippen LogP) is 0.116. The van der Waals surface area contributed by atoms with E-state index in [1.54, 1.807) is 17.2 Å². The summed E-state index contributed by atoms with van der Waals surface area (Å²) in [4.78, 5) is 24.1. The van der Waals surface area contributed by atoms with E-state index in [2.05, 4.69) is 9.97 Å². The average molecular weight is 235 g/mol. The van der Waals surface area contributed by atoms with Gasteiger partial charge in [-0.05, 0) is 19.9 Å². The van der Waals surface area contributed by atoms with Crippen LogP contribution in [0.2, 0.25) is 0 Å². The zero-order chi connectivity index (χ0) is 12.6. The van der Waals surface area contributed by atoms with E-state index in [4.69, 9.17) is 5.73 Å². The Morgan fingerprint density at radius 2 is 2.12 bits per heavy atom. The van der Waals surface area contributed by atoms with Crippen molar-refractivity contribution in [3.05, 3.63) is 12.3 Å². The van der Waals surface area contributed by atoms with Gasteiger partial charge >= 0.3 is 0 Å². The predicted molar refractivity (Wildman–Crippen MR) is 65.5 cm³/mol. The van der Waals surface area contributed by atoms with E-state index in [1.807, 2.05) is 25.8 Å².